The van der Waals surface area contributed by atoms with Gasteiger partial charge >= 0.3 is 6.09 Å². The largest absolute Gasteiger partial charge is 0.453 e. The molecule has 10 nitrogen and oxygen atoms in total. The van der Waals surface area contributed by atoms with Gasteiger partial charge in [0.1, 0.15) is 0 Å². The van der Waals surface area contributed by atoms with E-state index in [0.717, 1.165) is 27.5 Å². The van der Waals surface area contributed by atoms with Gasteiger partial charge in [-0.2, -0.15) is 0 Å². The molecule has 0 radical (unpaired) electrons. The summed E-state index contributed by atoms with van der Waals surface area (Å²) >= 11 is 1.52. The highest BCUT2D eigenvalue weighted by Crippen LogP contribution is 2.37. The highest BCUT2D eigenvalue weighted by atomic mass is 32.1. The van der Waals surface area contributed by atoms with Crippen LogP contribution in [0.4, 0.5) is 22.1 Å². The first-order valence-corrected chi connectivity index (χ1v) is 11.6. The minimum atomic E-state index is -0.493. The number of amides is 3. The molecule has 1 atom stereocenters. The van der Waals surface area contributed by atoms with Crippen LogP contribution in [0.25, 0.3) is 10.6 Å². The van der Waals surface area contributed by atoms with Crippen LogP contribution in [0.15, 0.2) is 41.9 Å². The summed E-state index contributed by atoms with van der Waals surface area (Å²) in [6, 6.07) is 8.84. The molecule has 11 heteroatoms. The molecule has 0 bridgehead atoms. The molecule has 174 valence electrons. The van der Waals surface area contributed by atoms with Gasteiger partial charge in [-0.05, 0) is 42.1 Å². The lowest BCUT2D eigenvalue weighted by molar-refractivity contribution is -0.115. The number of nitrogens with one attached hydrogen (secondary N) is 3. The third-order valence-corrected chi connectivity index (χ3v) is 6.66. The third-order valence-electron chi connectivity index (χ3n) is 5.74. The van der Waals surface area contributed by atoms with Crippen molar-refractivity contribution in [2.75, 3.05) is 30.8 Å². The zero-order valence-electron chi connectivity index (χ0n) is 18.3. The molecule has 3 amide bonds. The van der Waals surface area contributed by atoms with Gasteiger partial charge in [-0.1, -0.05) is 0 Å². The fraction of sp³-hybridized carbons (Fsp3) is 0.261. The Balaban J connectivity index is 1.27. The van der Waals surface area contributed by atoms with E-state index in [1.807, 2.05) is 11.4 Å². The van der Waals surface area contributed by atoms with Crippen LogP contribution in [0.3, 0.4) is 0 Å². The zero-order chi connectivity index (χ0) is 23.7. The van der Waals surface area contributed by atoms with E-state index < -0.39 is 6.09 Å². The molecule has 0 spiro atoms. The van der Waals surface area contributed by atoms with Crippen LogP contribution in [0.1, 0.15) is 22.3 Å². The van der Waals surface area contributed by atoms with E-state index in [-0.39, 0.29) is 24.3 Å². The van der Waals surface area contributed by atoms with Gasteiger partial charge in [-0.15, -0.1) is 11.3 Å². The molecule has 0 saturated carbocycles. The predicted octanol–water partition coefficient (Wildman–Crippen LogP) is 3.01. The minimum Gasteiger partial charge on any atom is -0.453 e. The van der Waals surface area contributed by atoms with Gasteiger partial charge in [0, 0.05) is 36.1 Å². The fourth-order valence-corrected chi connectivity index (χ4v) is 4.92. The molecule has 3 N–H and O–H groups in total. The van der Waals surface area contributed by atoms with Gasteiger partial charge in [0.15, 0.2) is 0 Å². The molecular formula is C23H22N6O4S. The maximum atomic E-state index is 12.8. The number of aromatic nitrogens is 2. The van der Waals surface area contributed by atoms with E-state index in [1.165, 1.54) is 18.4 Å². The summed E-state index contributed by atoms with van der Waals surface area (Å²) in [7, 11) is 1.32. The summed E-state index contributed by atoms with van der Waals surface area (Å²) in [6.07, 6.45) is 2.08. The Morgan fingerprint density at radius 1 is 1.24 bits per heavy atom. The third kappa shape index (κ3) is 4.42. The van der Waals surface area contributed by atoms with Gasteiger partial charge in [0.2, 0.25) is 11.9 Å². The summed E-state index contributed by atoms with van der Waals surface area (Å²) in [5, 5.41) is 10.7. The summed E-state index contributed by atoms with van der Waals surface area (Å²) in [6.45, 7) is 1.01. The number of carbonyl (C=O) groups excluding carboxylic acids is 3. The van der Waals surface area contributed by atoms with Crippen molar-refractivity contribution in [2.24, 2.45) is 0 Å². The highest BCUT2D eigenvalue weighted by molar-refractivity contribution is 7.14. The van der Waals surface area contributed by atoms with Gasteiger partial charge in [0.25, 0.3) is 5.91 Å². The van der Waals surface area contributed by atoms with E-state index in [9.17, 15) is 14.4 Å². The van der Waals surface area contributed by atoms with Gasteiger partial charge in [-0.3, -0.25) is 9.59 Å². The van der Waals surface area contributed by atoms with Crippen LogP contribution in [-0.2, 0) is 16.0 Å². The van der Waals surface area contributed by atoms with Crippen LogP contribution >= 0.6 is 11.3 Å². The van der Waals surface area contributed by atoms with E-state index in [0.29, 0.717) is 31.0 Å². The second-order valence-electron chi connectivity index (χ2n) is 8.03. The Morgan fingerprint density at radius 3 is 2.85 bits per heavy atom. The minimum absolute atomic E-state index is 0.0895. The number of hydrogen-bond acceptors (Lipinski definition) is 8. The molecule has 3 aromatic rings. The molecule has 1 fully saturated rings. The number of hydrogen-bond donors (Lipinski definition) is 3. The maximum Gasteiger partial charge on any atom is 0.407 e. The lowest BCUT2D eigenvalue weighted by atomic mass is 10.1. The number of likely N-dealkylation sites (tertiary alicyclic amines) is 1. The fourth-order valence-electron chi connectivity index (χ4n) is 4.05. The van der Waals surface area contributed by atoms with Gasteiger partial charge in [-0.25, -0.2) is 14.8 Å². The first-order chi connectivity index (χ1) is 16.5. The number of alkyl carbamates (subject to hydrolysis) is 1. The van der Waals surface area contributed by atoms with Crippen molar-refractivity contribution in [3.8, 4) is 10.6 Å². The molecule has 5 rings (SSSR count). The monoisotopic (exact) mass is 478 g/mol. The second-order valence-corrected chi connectivity index (χ2v) is 8.95. The Hall–Kier alpha value is -3.99. The van der Waals surface area contributed by atoms with Crippen molar-refractivity contribution in [1.29, 1.82) is 0 Å². The van der Waals surface area contributed by atoms with Crippen molar-refractivity contribution in [3.63, 3.8) is 0 Å². The highest BCUT2D eigenvalue weighted by Gasteiger charge is 2.28. The topological polar surface area (TPSA) is 126 Å². The number of nitrogens with zero attached hydrogens (tertiary/aromatic N) is 3. The summed E-state index contributed by atoms with van der Waals surface area (Å²) in [4.78, 5) is 48.0. The SMILES string of the molecule is COC(=O)NC1CCN(C(=O)c2ccc(Nc3ncc4c(n3)-c3sccc3NC(=O)C4)cc2)C1. The lowest BCUT2D eigenvalue weighted by Crippen LogP contribution is -2.38. The smallest absolute Gasteiger partial charge is 0.407 e. The van der Waals surface area contributed by atoms with Crippen LogP contribution in [0.2, 0.25) is 0 Å². The van der Waals surface area contributed by atoms with Gasteiger partial charge in [0.05, 0.1) is 35.8 Å². The molecule has 34 heavy (non-hydrogen) atoms. The summed E-state index contributed by atoms with van der Waals surface area (Å²) < 4.78 is 4.62. The predicted molar refractivity (Wildman–Crippen MR) is 127 cm³/mol. The van der Waals surface area contributed by atoms with Crippen LogP contribution < -0.4 is 16.0 Å². The molecule has 1 aromatic carbocycles. The number of methoxy groups -OCH3 is 1. The number of carbonyl (C=O) groups is 3. The molecule has 1 unspecified atom stereocenters. The first kappa shape index (κ1) is 21.8. The Labute approximate surface area is 199 Å². The van der Waals surface area contributed by atoms with Crippen molar-refractivity contribution in [2.45, 2.75) is 18.9 Å². The normalized spacial score (nSPS) is 16.7. The molecule has 2 aliphatic heterocycles. The molecule has 4 heterocycles. The first-order valence-electron chi connectivity index (χ1n) is 10.7. The van der Waals surface area contributed by atoms with Crippen molar-refractivity contribution < 1.29 is 19.1 Å². The quantitative estimate of drug-likeness (QED) is 0.526. The van der Waals surface area contributed by atoms with Crippen molar-refractivity contribution in [1.82, 2.24) is 20.2 Å². The van der Waals surface area contributed by atoms with Crippen LogP contribution in [-0.4, -0.2) is 59.0 Å². The number of rotatable bonds is 4. The maximum absolute atomic E-state index is 12.8. The number of thiophene rings is 1. The molecular weight excluding hydrogens is 456 g/mol. The Morgan fingerprint density at radius 2 is 2.06 bits per heavy atom. The second kappa shape index (κ2) is 9.10. The van der Waals surface area contributed by atoms with Crippen LogP contribution in [0, 0.1) is 0 Å². The Bertz CT molecular complexity index is 1260. The van der Waals surface area contributed by atoms with Crippen molar-refractivity contribution in [3.05, 3.63) is 53.0 Å². The molecule has 2 aromatic heterocycles. The van der Waals surface area contributed by atoms with E-state index in [4.69, 9.17) is 0 Å². The molecule has 1 saturated heterocycles. The molecule has 2 aliphatic rings. The zero-order valence-corrected chi connectivity index (χ0v) is 19.1. The number of anilines is 3. The summed E-state index contributed by atoms with van der Waals surface area (Å²) in [5.41, 5.74) is 3.55. The van der Waals surface area contributed by atoms with Crippen molar-refractivity contribution >= 4 is 46.6 Å². The average molecular weight is 479 g/mol. The Kier molecular flexibility index (Phi) is 5.84. The van der Waals surface area contributed by atoms with E-state index >= 15 is 0 Å². The van der Waals surface area contributed by atoms with E-state index in [1.54, 1.807) is 35.4 Å². The average Bonchev–Trinajstić information content (AvgIpc) is 3.47. The van der Waals surface area contributed by atoms with E-state index in [2.05, 4.69) is 30.7 Å². The number of fused-ring (bicyclic) bond motifs is 3. The number of benzene rings is 1. The summed E-state index contributed by atoms with van der Waals surface area (Å²) in [5.74, 6) is 0.223. The standard InChI is InChI=1S/C23H22N6O4S/c1-33-23(32)26-16-6-8-29(12-16)21(31)13-2-4-15(5-3-13)25-22-24-11-14-10-18(30)27-17-7-9-34-20(17)19(14)28-22/h2-5,7,9,11,16H,6,8,10,12H2,1H3,(H,26,32)(H,27,30)(H,24,25,28). The lowest BCUT2D eigenvalue weighted by Gasteiger charge is -2.17. The van der Waals surface area contributed by atoms with Gasteiger partial charge < -0.3 is 25.6 Å². The molecule has 0 aliphatic carbocycles. The number of ether oxygens (including phenoxy) is 1. The van der Waals surface area contributed by atoms with Crippen LogP contribution in [0.5, 0.6) is 0 Å².